The molecule has 0 saturated heterocycles. The summed E-state index contributed by atoms with van der Waals surface area (Å²) in [4.78, 5) is 4.51. The van der Waals surface area contributed by atoms with Crippen molar-refractivity contribution in [3.63, 3.8) is 0 Å². The Labute approximate surface area is 176 Å². The van der Waals surface area contributed by atoms with Crippen LogP contribution in [0.2, 0.25) is 0 Å². The molecule has 5 aromatic rings. The van der Waals surface area contributed by atoms with E-state index in [0.717, 1.165) is 39.4 Å². The first kappa shape index (κ1) is 19.1. The molecule has 5 heteroatoms. The van der Waals surface area contributed by atoms with Crippen molar-refractivity contribution in [2.24, 2.45) is 0 Å². The third kappa shape index (κ3) is 3.82. The molecule has 0 N–H and O–H groups in total. The van der Waals surface area contributed by atoms with Crippen molar-refractivity contribution in [3.05, 3.63) is 103 Å². The second-order valence-corrected chi connectivity index (χ2v) is 7.22. The average Bonchev–Trinajstić information content (AvgIpc) is 3.23. The van der Waals surface area contributed by atoms with Gasteiger partial charge in [0, 0.05) is 5.56 Å². The fraction of sp³-hybridized carbons (Fsp3) is 0.0385. The SMILES string of the molecule is FC(F)(F)c1cccc(-c2cccc(-c3ccc(-c4nc5ccccc5o4)cc3)c2)c1. The number of halogens is 3. The fourth-order valence-corrected chi connectivity index (χ4v) is 3.55. The van der Waals surface area contributed by atoms with E-state index in [-0.39, 0.29) is 0 Å². The summed E-state index contributed by atoms with van der Waals surface area (Å²) < 4.78 is 45.0. The minimum atomic E-state index is -4.37. The van der Waals surface area contributed by atoms with Crippen molar-refractivity contribution in [1.82, 2.24) is 4.98 Å². The number of para-hydroxylation sites is 2. The van der Waals surface area contributed by atoms with Crippen molar-refractivity contribution in [2.75, 3.05) is 0 Å². The molecular formula is C26H16F3NO. The molecule has 0 atom stereocenters. The van der Waals surface area contributed by atoms with Gasteiger partial charge in [0.15, 0.2) is 5.58 Å². The second-order valence-electron chi connectivity index (χ2n) is 7.22. The van der Waals surface area contributed by atoms with E-state index in [2.05, 4.69) is 4.98 Å². The van der Waals surface area contributed by atoms with E-state index in [9.17, 15) is 13.2 Å². The number of aromatic nitrogens is 1. The molecule has 0 aliphatic carbocycles. The van der Waals surface area contributed by atoms with Crippen LogP contribution in [0.1, 0.15) is 5.56 Å². The van der Waals surface area contributed by atoms with Crippen LogP contribution in [-0.2, 0) is 6.18 Å². The van der Waals surface area contributed by atoms with E-state index in [1.807, 2.05) is 72.8 Å². The number of oxazole rings is 1. The van der Waals surface area contributed by atoms with Crippen LogP contribution < -0.4 is 0 Å². The third-order valence-electron chi connectivity index (χ3n) is 5.14. The summed E-state index contributed by atoms with van der Waals surface area (Å²) in [6.07, 6.45) is -4.37. The van der Waals surface area contributed by atoms with Crippen LogP contribution in [0.5, 0.6) is 0 Å². The zero-order chi connectivity index (χ0) is 21.4. The van der Waals surface area contributed by atoms with Gasteiger partial charge in [-0.25, -0.2) is 4.98 Å². The topological polar surface area (TPSA) is 26.0 Å². The van der Waals surface area contributed by atoms with Gasteiger partial charge in [-0.1, -0.05) is 54.6 Å². The summed E-state index contributed by atoms with van der Waals surface area (Å²) in [5, 5.41) is 0. The van der Waals surface area contributed by atoms with Crippen LogP contribution in [0.15, 0.2) is 101 Å². The second kappa shape index (κ2) is 7.43. The highest BCUT2D eigenvalue weighted by atomic mass is 19.4. The van der Waals surface area contributed by atoms with E-state index in [0.29, 0.717) is 11.5 Å². The molecule has 0 radical (unpaired) electrons. The Balaban J connectivity index is 1.46. The Bertz CT molecular complexity index is 1330. The Hall–Kier alpha value is -3.86. The zero-order valence-electron chi connectivity index (χ0n) is 16.2. The van der Waals surface area contributed by atoms with Crippen molar-refractivity contribution < 1.29 is 17.6 Å². The molecule has 0 spiro atoms. The first-order valence-corrected chi connectivity index (χ1v) is 9.71. The first-order valence-electron chi connectivity index (χ1n) is 9.71. The Kier molecular flexibility index (Phi) is 4.59. The van der Waals surface area contributed by atoms with Crippen molar-refractivity contribution in [1.29, 1.82) is 0 Å². The van der Waals surface area contributed by atoms with Gasteiger partial charge in [-0.2, -0.15) is 13.2 Å². The molecule has 0 fully saturated rings. The lowest BCUT2D eigenvalue weighted by atomic mass is 9.97. The van der Waals surface area contributed by atoms with E-state index in [4.69, 9.17) is 4.42 Å². The van der Waals surface area contributed by atoms with E-state index in [1.165, 1.54) is 12.1 Å². The Morgan fingerprint density at radius 3 is 1.90 bits per heavy atom. The lowest BCUT2D eigenvalue weighted by Crippen LogP contribution is -2.04. The summed E-state index contributed by atoms with van der Waals surface area (Å²) in [6, 6.07) is 28.2. The molecule has 31 heavy (non-hydrogen) atoms. The predicted molar refractivity (Wildman–Crippen MR) is 115 cm³/mol. The zero-order valence-corrected chi connectivity index (χ0v) is 16.2. The predicted octanol–water partition coefficient (Wildman–Crippen LogP) is 7.85. The van der Waals surface area contributed by atoms with Gasteiger partial charge in [0.1, 0.15) is 5.52 Å². The summed E-state index contributed by atoms with van der Waals surface area (Å²) in [5.41, 5.74) is 4.86. The summed E-state index contributed by atoms with van der Waals surface area (Å²) in [6.45, 7) is 0. The van der Waals surface area contributed by atoms with Gasteiger partial charge in [-0.15, -0.1) is 0 Å². The minimum Gasteiger partial charge on any atom is -0.436 e. The molecule has 0 saturated carbocycles. The molecule has 0 aliphatic rings. The molecular weight excluding hydrogens is 399 g/mol. The van der Waals surface area contributed by atoms with Crippen molar-refractivity contribution >= 4 is 11.1 Å². The average molecular weight is 415 g/mol. The molecule has 0 unspecified atom stereocenters. The Morgan fingerprint density at radius 1 is 0.581 bits per heavy atom. The first-order chi connectivity index (χ1) is 15.0. The highest BCUT2D eigenvalue weighted by Crippen LogP contribution is 2.34. The monoisotopic (exact) mass is 415 g/mol. The smallest absolute Gasteiger partial charge is 0.416 e. The van der Waals surface area contributed by atoms with Crippen LogP contribution in [-0.4, -0.2) is 4.98 Å². The van der Waals surface area contributed by atoms with Crippen LogP contribution in [0, 0.1) is 0 Å². The molecule has 0 bridgehead atoms. The summed E-state index contributed by atoms with van der Waals surface area (Å²) in [5.74, 6) is 0.547. The van der Waals surface area contributed by atoms with Crippen molar-refractivity contribution in [3.8, 4) is 33.7 Å². The summed E-state index contributed by atoms with van der Waals surface area (Å²) in [7, 11) is 0. The highest BCUT2D eigenvalue weighted by Gasteiger charge is 2.30. The maximum absolute atomic E-state index is 13.1. The van der Waals surface area contributed by atoms with Crippen LogP contribution in [0.4, 0.5) is 13.2 Å². The third-order valence-corrected chi connectivity index (χ3v) is 5.14. The minimum absolute atomic E-state index is 0.528. The number of hydrogen-bond donors (Lipinski definition) is 0. The summed E-state index contributed by atoms with van der Waals surface area (Å²) >= 11 is 0. The van der Waals surface area contributed by atoms with E-state index < -0.39 is 11.7 Å². The van der Waals surface area contributed by atoms with E-state index >= 15 is 0 Å². The quantitative estimate of drug-likeness (QED) is 0.300. The molecule has 152 valence electrons. The number of hydrogen-bond acceptors (Lipinski definition) is 2. The maximum Gasteiger partial charge on any atom is 0.416 e. The molecule has 0 amide bonds. The molecule has 1 aromatic heterocycles. The van der Waals surface area contributed by atoms with Gasteiger partial charge in [0.25, 0.3) is 0 Å². The van der Waals surface area contributed by atoms with Gasteiger partial charge in [0.05, 0.1) is 5.56 Å². The van der Waals surface area contributed by atoms with Gasteiger partial charge in [-0.3, -0.25) is 0 Å². The van der Waals surface area contributed by atoms with Crippen molar-refractivity contribution in [2.45, 2.75) is 6.18 Å². The van der Waals surface area contributed by atoms with Crippen LogP contribution >= 0.6 is 0 Å². The standard InChI is InChI=1S/C26H16F3NO/c27-26(28,29)22-8-4-7-21(16-22)20-6-3-5-19(15-20)17-11-13-18(14-12-17)25-30-23-9-1-2-10-24(23)31-25/h1-16H. The number of alkyl halides is 3. The van der Waals surface area contributed by atoms with Gasteiger partial charge in [-0.05, 0) is 64.7 Å². The highest BCUT2D eigenvalue weighted by molar-refractivity contribution is 5.77. The fourth-order valence-electron chi connectivity index (χ4n) is 3.55. The largest absolute Gasteiger partial charge is 0.436 e. The normalized spacial score (nSPS) is 11.7. The Morgan fingerprint density at radius 2 is 1.19 bits per heavy atom. The number of rotatable bonds is 3. The molecule has 5 rings (SSSR count). The lowest BCUT2D eigenvalue weighted by molar-refractivity contribution is -0.137. The number of fused-ring (bicyclic) bond motifs is 1. The molecule has 0 aliphatic heterocycles. The molecule has 1 heterocycles. The lowest BCUT2D eigenvalue weighted by Gasteiger charge is -2.10. The molecule has 4 aromatic carbocycles. The maximum atomic E-state index is 13.1. The number of nitrogens with zero attached hydrogens (tertiary/aromatic N) is 1. The number of benzene rings is 4. The molecule has 2 nitrogen and oxygen atoms in total. The van der Waals surface area contributed by atoms with Gasteiger partial charge in [0.2, 0.25) is 5.89 Å². The van der Waals surface area contributed by atoms with Gasteiger partial charge >= 0.3 is 6.18 Å². The van der Waals surface area contributed by atoms with Gasteiger partial charge < -0.3 is 4.42 Å². The van der Waals surface area contributed by atoms with E-state index in [1.54, 1.807) is 6.07 Å². The van der Waals surface area contributed by atoms with Crippen LogP contribution in [0.3, 0.4) is 0 Å². The van der Waals surface area contributed by atoms with Crippen LogP contribution in [0.25, 0.3) is 44.8 Å².